The number of hydrogen-bond donors (Lipinski definition) is 2. The molecular weight excluding hydrogens is 208 g/mol. The highest BCUT2D eigenvalue weighted by atomic mass is 16.6. The molecule has 5 nitrogen and oxygen atoms in total. The Hall–Kier alpha value is -0.810. The van der Waals surface area contributed by atoms with E-state index in [2.05, 4.69) is 5.32 Å². The van der Waals surface area contributed by atoms with Gasteiger partial charge in [0.1, 0.15) is 5.60 Å². The third-order valence-electron chi connectivity index (χ3n) is 2.38. The number of rotatable bonds is 1. The van der Waals surface area contributed by atoms with E-state index in [-0.39, 0.29) is 18.6 Å². The first kappa shape index (κ1) is 13.3. The van der Waals surface area contributed by atoms with Crippen LogP contribution in [0.4, 0.5) is 4.79 Å². The minimum Gasteiger partial charge on any atom is -0.444 e. The second kappa shape index (κ2) is 5.50. The number of nitrogens with one attached hydrogen (secondary N) is 1. The zero-order valence-corrected chi connectivity index (χ0v) is 10.3. The van der Waals surface area contributed by atoms with E-state index in [9.17, 15) is 4.79 Å². The van der Waals surface area contributed by atoms with Crippen molar-refractivity contribution in [3.8, 4) is 0 Å². The van der Waals surface area contributed by atoms with Crippen molar-refractivity contribution < 1.29 is 14.6 Å². The third kappa shape index (κ3) is 4.37. The van der Waals surface area contributed by atoms with Crippen molar-refractivity contribution in [3.63, 3.8) is 0 Å². The number of hydrogen-bond acceptors (Lipinski definition) is 4. The number of carbonyl (C=O) groups is 1. The number of ether oxygens (including phenoxy) is 1. The molecule has 1 fully saturated rings. The molecule has 0 saturated carbocycles. The van der Waals surface area contributed by atoms with E-state index >= 15 is 0 Å². The number of carbonyl (C=O) groups excluding carboxylic acids is 1. The molecule has 1 saturated heterocycles. The molecule has 0 bridgehead atoms. The summed E-state index contributed by atoms with van der Waals surface area (Å²) in [6.07, 6.45) is -0.297. The van der Waals surface area contributed by atoms with Gasteiger partial charge in [0.25, 0.3) is 0 Å². The van der Waals surface area contributed by atoms with E-state index in [1.165, 1.54) is 0 Å². The SMILES string of the molecule is CC(C)(C)OC(=O)N1CCNC[C@H](CO)C1. The monoisotopic (exact) mass is 230 g/mol. The van der Waals surface area contributed by atoms with Crippen molar-refractivity contribution in [3.05, 3.63) is 0 Å². The largest absolute Gasteiger partial charge is 0.444 e. The third-order valence-corrected chi connectivity index (χ3v) is 2.38. The zero-order chi connectivity index (χ0) is 12.2. The van der Waals surface area contributed by atoms with Gasteiger partial charge in [-0.2, -0.15) is 0 Å². The fourth-order valence-electron chi connectivity index (χ4n) is 1.60. The van der Waals surface area contributed by atoms with E-state index in [4.69, 9.17) is 9.84 Å². The van der Waals surface area contributed by atoms with Gasteiger partial charge >= 0.3 is 6.09 Å². The van der Waals surface area contributed by atoms with Crippen LogP contribution in [-0.4, -0.2) is 54.5 Å². The summed E-state index contributed by atoms with van der Waals surface area (Å²) in [5.41, 5.74) is -0.467. The Labute approximate surface area is 96.8 Å². The first-order valence-electron chi connectivity index (χ1n) is 5.72. The van der Waals surface area contributed by atoms with Gasteiger partial charge in [-0.1, -0.05) is 0 Å². The Balaban J connectivity index is 2.53. The van der Waals surface area contributed by atoms with Crippen LogP contribution in [0.1, 0.15) is 20.8 Å². The molecular formula is C11H22N2O3. The van der Waals surface area contributed by atoms with Crippen LogP contribution in [-0.2, 0) is 4.74 Å². The smallest absolute Gasteiger partial charge is 0.410 e. The first-order chi connectivity index (χ1) is 7.42. The molecule has 1 rings (SSSR count). The summed E-state index contributed by atoms with van der Waals surface area (Å²) in [6.45, 7) is 8.32. The average Bonchev–Trinajstić information content (AvgIpc) is 2.39. The molecule has 94 valence electrons. The Kier molecular flexibility index (Phi) is 4.56. The molecule has 0 radical (unpaired) electrons. The number of aliphatic hydroxyl groups is 1. The number of nitrogens with zero attached hydrogens (tertiary/aromatic N) is 1. The van der Waals surface area contributed by atoms with Gasteiger partial charge in [-0.3, -0.25) is 0 Å². The van der Waals surface area contributed by atoms with Crippen LogP contribution < -0.4 is 5.32 Å². The zero-order valence-electron chi connectivity index (χ0n) is 10.3. The van der Waals surface area contributed by atoms with Crippen molar-refractivity contribution in [1.29, 1.82) is 0 Å². The molecule has 1 aliphatic heterocycles. The highest BCUT2D eigenvalue weighted by Gasteiger charge is 2.25. The van der Waals surface area contributed by atoms with Crippen LogP contribution in [0.15, 0.2) is 0 Å². The normalized spacial score (nSPS) is 22.8. The maximum atomic E-state index is 11.8. The maximum Gasteiger partial charge on any atom is 0.410 e. The van der Waals surface area contributed by atoms with Gasteiger partial charge in [0.15, 0.2) is 0 Å². The molecule has 0 aromatic carbocycles. The lowest BCUT2D eigenvalue weighted by Crippen LogP contribution is -2.40. The lowest BCUT2D eigenvalue weighted by atomic mass is 10.1. The standard InChI is InChI=1S/C11H22N2O3/c1-11(2,3)16-10(15)13-5-4-12-6-9(7-13)8-14/h9,12,14H,4-8H2,1-3H3/t9-/m0/s1. The second-order valence-electron chi connectivity index (χ2n) is 5.18. The van der Waals surface area contributed by atoms with Gasteiger partial charge in [-0.15, -0.1) is 0 Å². The molecule has 5 heteroatoms. The fraction of sp³-hybridized carbons (Fsp3) is 0.909. The lowest BCUT2D eigenvalue weighted by Gasteiger charge is -2.27. The van der Waals surface area contributed by atoms with E-state index in [0.717, 1.165) is 13.1 Å². The molecule has 16 heavy (non-hydrogen) atoms. The summed E-state index contributed by atoms with van der Waals surface area (Å²) in [5, 5.41) is 12.3. The van der Waals surface area contributed by atoms with Crippen LogP contribution in [0.25, 0.3) is 0 Å². The lowest BCUT2D eigenvalue weighted by molar-refractivity contribution is 0.0227. The van der Waals surface area contributed by atoms with Crippen molar-refractivity contribution in [2.45, 2.75) is 26.4 Å². The minimum atomic E-state index is -0.467. The molecule has 0 aromatic rings. The van der Waals surface area contributed by atoms with Crippen molar-refractivity contribution in [1.82, 2.24) is 10.2 Å². The van der Waals surface area contributed by atoms with Crippen LogP contribution in [0.2, 0.25) is 0 Å². The maximum absolute atomic E-state index is 11.8. The summed E-state index contributed by atoms with van der Waals surface area (Å²) in [6, 6.07) is 0. The Morgan fingerprint density at radius 2 is 2.25 bits per heavy atom. The molecule has 0 unspecified atom stereocenters. The Morgan fingerprint density at radius 1 is 1.56 bits per heavy atom. The highest BCUT2D eigenvalue weighted by Crippen LogP contribution is 2.12. The molecule has 0 spiro atoms. The van der Waals surface area contributed by atoms with Crippen molar-refractivity contribution in [2.24, 2.45) is 5.92 Å². The minimum absolute atomic E-state index is 0.0896. The molecule has 1 amide bonds. The van der Waals surface area contributed by atoms with Gasteiger partial charge in [0.05, 0.1) is 0 Å². The highest BCUT2D eigenvalue weighted by molar-refractivity contribution is 5.68. The van der Waals surface area contributed by atoms with Gasteiger partial charge in [0, 0.05) is 38.7 Å². The summed E-state index contributed by atoms with van der Waals surface area (Å²) in [5.74, 6) is 0.0926. The average molecular weight is 230 g/mol. The van der Waals surface area contributed by atoms with Gasteiger partial charge in [-0.05, 0) is 20.8 Å². The van der Waals surface area contributed by atoms with Crippen LogP contribution in [0.3, 0.4) is 0 Å². The molecule has 0 aliphatic carbocycles. The van der Waals surface area contributed by atoms with Gasteiger partial charge in [-0.25, -0.2) is 4.79 Å². The van der Waals surface area contributed by atoms with Gasteiger partial charge < -0.3 is 20.1 Å². The van der Waals surface area contributed by atoms with E-state index in [1.807, 2.05) is 20.8 Å². The van der Waals surface area contributed by atoms with Crippen molar-refractivity contribution >= 4 is 6.09 Å². The Morgan fingerprint density at radius 3 is 2.81 bits per heavy atom. The second-order valence-corrected chi connectivity index (χ2v) is 5.18. The predicted molar refractivity (Wildman–Crippen MR) is 61.3 cm³/mol. The number of amides is 1. The molecule has 1 aliphatic rings. The predicted octanol–water partition coefficient (Wildman–Crippen LogP) is 0.435. The van der Waals surface area contributed by atoms with Crippen molar-refractivity contribution in [2.75, 3.05) is 32.8 Å². The van der Waals surface area contributed by atoms with Gasteiger partial charge in [0.2, 0.25) is 0 Å². The number of aliphatic hydroxyl groups excluding tert-OH is 1. The topological polar surface area (TPSA) is 61.8 Å². The van der Waals surface area contributed by atoms with E-state index in [0.29, 0.717) is 13.1 Å². The van der Waals surface area contributed by atoms with E-state index in [1.54, 1.807) is 4.90 Å². The summed E-state index contributed by atoms with van der Waals surface area (Å²) in [7, 11) is 0. The quantitative estimate of drug-likeness (QED) is 0.686. The van der Waals surface area contributed by atoms with E-state index < -0.39 is 5.60 Å². The summed E-state index contributed by atoms with van der Waals surface area (Å²) >= 11 is 0. The fourth-order valence-corrected chi connectivity index (χ4v) is 1.60. The van der Waals surface area contributed by atoms with Crippen LogP contribution in [0, 0.1) is 5.92 Å². The molecule has 0 aromatic heterocycles. The molecule has 2 N–H and O–H groups in total. The summed E-state index contributed by atoms with van der Waals surface area (Å²) in [4.78, 5) is 13.5. The van der Waals surface area contributed by atoms with Crippen LogP contribution >= 0.6 is 0 Å². The molecule has 1 atom stereocenters. The first-order valence-corrected chi connectivity index (χ1v) is 5.72. The Bertz CT molecular complexity index is 238. The van der Waals surface area contributed by atoms with Crippen LogP contribution in [0.5, 0.6) is 0 Å². The summed E-state index contributed by atoms with van der Waals surface area (Å²) < 4.78 is 5.30. The molecule has 1 heterocycles.